The van der Waals surface area contributed by atoms with Gasteiger partial charge in [-0.2, -0.15) is 0 Å². The number of thiophene rings is 1. The van der Waals surface area contributed by atoms with Gasteiger partial charge in [-0.05, 0) is 55.2 Å². The van der Waals surface area contributed by atoms with Crippen molar-refractivity contribution in [1.29, 1.82) is 0 Å². The number of nitrogens with zero attached hydrogens (tertiary/aromatic N) is 2. The van der Waals surface area contributed by atoms with Crippen molar-refractivity contribution in [3.8, 4) is 11.1 Å². The highest BCUT2D eigenvalue weighted by Gasteiger charge is 2.15. The van der Waals surface area contributed by atoms with Gasteiger partial charge < -0.3 is 10.1 Å². The molecule has 31 heavy (non-hydrogen) atoms. The van der Waals surface area contributed by atoms with Crippen LogP contribution in [-0.2, 0) is 4.74 Å². The molecule has 0 atom stereocenters. The number of nitrogens with one attached hydrogen (secondary N) is 1. The SMILES string of the molecule is CCCCOC(=O)c1cccc(Nc2ncnc3scc(-c4ccc(C)c(C)c4)c23)c1. The summed E-state index contributed by atoms with van der Waals surface area (Å²) >= 11 is 1.60. The Morgan fingerprint density at radius 3 is 2.77 bits per heavy atom. The van der Waals surface area contributed by atoms with E-state index >= 15 is 0 Å². The molecule has 5 nitrogen and oxygen atoms in total. The van der Waals surface area contributed by atoms with Gasteiger partial charge in [0.2, 0.25) is 0 Å². The first-order valence-corrected chi connectivity index (χ1v) is 11.3. The molecule has 0 aliphatic carbocycles. The van der Waals surface area contributed by atoms with Gasteiger partial charge in [-0.25, -0.2) is 14.8 Å². The number of aryl methyl sites for hydroxylation is 2. The highest BCUT2D eigenvalue weighted by atomic mass is 32.1. The van der Waals surface area contributed by atoms with E-state index in [0.29, 0.717) is 12.2 Å². The first-order valence-electron chi connectivity index (χ1n) is 10.4. The first kappa shape index (κ1) is 21.0. The van der Waals surface area contributed by atoms with E-state index in [1.165, 1.54) is 11.1 Å². The molecule has 0 bridgehead atoms. The molecule has 0 radical (unpaired) electrons. The number of benzene rings is 2. The molecule has 0 saturated heterocycles. The van der Waals surface area contributed by atoms with Gasteiger partial charge >= 0.3 is 5.97 Å². The number of hydrogen-bond acceptors (Lipinski definition) is 6. The lowest BCUT2D eigenvalue weighted by molar-refractivity contribution is 0.0500. The largest absolute Gasteiger partial charge is 0.462 e. The summed E-state index contributed by atoms with van der Waals surface area (Å²) in [6.07, 6.45) is 3.41. The third kappa shape index (κ3) is 4.59. The molecule has 0 fully saturated rings. The lowest BCUT2D eigenvalue weighted by Gasteiger charge is -2.11. The van der Waals surface area contributed by atoms with E-state index in [1.54, 1.807) is 29.8 Å². The van der Waals surface area contributed by atoms with Gasteiger partial charge in [0.15, 0.2) is 0 Å². The fraction of sp³-hybridized carbons (Fsp3) is 0.240. The fourth-order valence-corrected chi connectivity index (χ4v) is 4.26. The third-order valence-electron chi connectivity index (χ3n) is 5.28. The maximum atomic E-state index is 12.3. The van der Waals surface area contributed by atoms with Crippen LogP contribution in [0.5, 0.6) is 0 Å². The molecule has 0 unspecified atom stereocenters. The van der Waals surface area contributed by atoms with Gasteiger partial charge in [0.1, 0.15) is 17.0 Å². The molecule has 158 valence electrons. The number of unbranched alkanes of at least 4 members (excludes halogenated alkanes) is 1. The molecule has 1 N–H and O–H groups in total. The van der Waals surface area contributed by atoms with Crippen molar-refractivity contribution in [2.24, 2.45) is 0 Å². The normalized spacial score (nSPS) is 10.9. The minimum Gasteiger partial charge on any atom is -0.462 e. The monoisotopic (exact) mass is 431 g/mol. The standard InChI is InChI=1S/C25H25N3O2S/c1-4-5-11-30-25(29)19-7-6-8-20(13-19)28-23-22-21(14-31-24(22)27-15-26-23)18-10-9-16(2)17(3)12-18/h6-10,12-15H,4-5,11H2,1-3H3,(H,26,27,28). The molecule has 0 amide bonds. The van der Waals surface area contributed by atoms with Crippen LogP contribution in [0.2, 0.25) is 0 Å². The van der Waals surface area contributed by atoms with E-state index in [4.69, 9.17) is 4.74 Å². The quantitative estimate of drug-likeness (QED) is 0.261. The first-order chi connectivity index (χ1) is 15.1. The number of esters is 1. The summed E-state index contributed by atoms with van der Waals surface area (Å²) in [6, 6.07) is 13.8. The number of rotatable bonds is 7. The van der Waals surface area contributed by atoms with Gasteiger partial charge in [-0.3, -0.25) is 0 Å². The number of carbonyl (C=O) groups is 1. The van der Waals surface area contributed by atoms with Gasteiger partial charge in [0.05, 0.1) is 17.6 Å². The number of hydrogen-bond donors (Lipinski definition) is 1. The molecular formula is C25H25N3O2S. The van der Waals surface area contributed by atoms with Crippen LogP contribution in [0.15, 0.2) is 54.2 Å². The summed E-state index contributed by atoms with van der Waals surface area (Å²) in [5.41, 5.74) is 6.05. The molecule has 0 aliphatic heterocycles. The second kappa shape index (κ2) is 9.27. The van der Waals surface area contributed by atoms with Gasteiger partial charge in [0, 0.05) is 16.6 Å². The zero-order valence-electron chi connectivity index (χ0n) is 17.9. The molecule has 4 aromatic rings. The van der Waals surface area contributed by atoms with Crippen LogP contribution >= 0.6 is 11.3 Å². The molecule has 2 aromatic heterocycles. The van der Waals surface area contributed by atoms with E-state index in [2.05, 4.69) is 59.6 Å². The number of carbonyl (C=O) groups excluding carboxylic acids is 1. The number of fused-ring (bicyclic) bond motifs is 1. The molecule has 2 heterocycles. The maximum Gasteiger partial charge on any atom is 0.338 e. The molecule has 0 spiro atoms. The van der Waals surface area contributed by atoms with Crippen molar-refractivity contribution >= 4 is 39.0 Å². The van der Waals surface area contributed by atoms with Crippen LogP contribution in [0.1, 0.15) is 41.3 Å². The predicted molar refractivity (Wildman–Crippen MR) is 127 cm³/mol. The summed E-state index contributed by atoms with van der Waals surface area (Å²) in [4.78, 5) is 22.2. The van der Waals surface area contributed by atoms with E-state index < -0.39 is 0 Å². The van der Waals surface area contributed by atoms with E-state index in [9.17, 15) is 4.79 Å². The Kier molecular flexibility index (Phi) is 6.28. The fourth-order valence-electron chi connectivity index (χ4n) is 3.34. The van der Waals surface area contributed by atoms with E-state index in [1.807, 2.05) is 12.1 Å². The van der Waals surface area contributed by atoms with Crippen LogP contribution in [0.25, 0.3) is 21.3 Å². The average molecular weight is 432 g/mol. The molecule has 2 aromatic carbocycles. The molecule has 4 rings (SSSR count). The van der Waals surface area contributed by atoms with Crippen molar-refractivity contribution in [2.75, 3.05) is 11.9 Å². The highest BCUT2D eigenvalue weighted by Crippen LogP contribution is 2.38. The van der Waals surface area contributed by atoms with Crippen molar-refractivity contribution in [1.82, 2.24) is 9.97 Å². The Hall–Kier alpha value is -3.25. The molecule has 0 saturated carbocycles. The lowest BCUT2D eigenvalue weighted by atomic mass is 10.0. The smallest absolute Gasteiger partial charge is 0.338 e. The zero-order chi connectivity index (χ0) is 21.8. The second-order valence-corrected chi connectivity index (χ2v) is 8.40. The Morgan fingerprint density at radius 1 is 1.10 bits per heavy atom. The van der Waals surface area contributed by atoms with Crippen LogP contribution in [0.3, 0.4) is 0 Å². The number of ether oxygens (including phenoxy) is 1. The second-order valence-electron chi connectivity index (χ2n) is 7.55. The average Bonchev–Trinajstić information content (AvgIpc) is 3.21. The van der Waals surface area contributed by atoms with E-state index in [0.717, 1.165) is 45.7 Å². The summed E-state index contributed by atoms with van der Waals surface area (Å²) in [7, 11) is 0. The minimum absolute atomic E-state index is 0.309. The minimum atomic E-state index is -0.309. The lowest BCUT2D eigenvalue weighted by Crippen LogP contribution is -2.06. The summed E-state index contributed by atoms with van der Waals surface area (Å²) in [5.74, 6) is 0.410. The van der Waals surface area contributed by atoms with Crippen LogP contribution < -0.4 is 5.32 Å². The van der Waals surface area contributed by atoms with Crippen molar-refractivity contribution in [3.05, 3.63) is 70.9 Å². The van der Waals surface area contributed by atoms with Gasteiger partial charge in [0.25, 0.3) is 0 Å². The summed E-state index contributed by atoms with van der Waals surface area (Å²) < 4.78 is 5.34. The molecule has 0 aliphatic rings. The van der Waals surface area contributed by atoms with Gasteiger partial charge in [-0.15, -0.1) is 11.3 Å². The molecule has 6 heteroatoms. The molecular weight excluding hydrogens is 406 g/mol. The maximum absolute atomic E-state index is 12.3. The van der Waals surface area contributed by atoms with Crippen LogP contribution in [0.4, 0.5) is 11.5 Å². The zero-order valence-corrected chi connectivity index (χ0v) is 18.8. The van der Waals surface area contributed by atoms with Crippen LogP contribution in [-0.4, -0.2) is 22.5 Å². The summed E-state index contributed by atoms with van der Waals surface area (Å²) in [5, 5.41) is 6.48. The highest BCUT2D eigenvalue weighted by molar-refractivity contribution is 7.17. The Morgan fingerprint density at radius 2 is 1.97 bits per heavy atom. The predicted octanol–water partition coefficient (Wildman–Crippen LogP) is 6.68. The van der Waals surface area contributed by atoms with E-state index in [-0.39, 0.29) is 5.97 Å². The Bertz CT molecular complexity index is 1230. The summed E-state index contributed by atoms with van der Waals surface area (Å²) in [6.45, 7) is 6.74. The third-order valence-corrected chi connectivity index (χ3v) is 6.17. The van der Waals surface area contributed by atoms with Crippen LogP contribution in [0, 0.1) is 13.8 Å². The topological polar surface area (TPSA) is 64.1 Å². The number of aromatic nitrogens is 2. The van der Waals surface area contributed by atoms with Gasteiger partial charge in [-0.1, -0.05) is 37.6 Å². The van der Waals surface area contributed by atoms with Crippen molar-refractivity contribution in [3.63, 3.8) is 0 Å². The number of anilines is 2. The Balaban J connectivity index is 1.66. The van der Waals surface area contributed by atoms with Crippen molar-refractivity contribution < 1.29 is 9.53 Å². The van der Waals surface area contributed by atoms with Crippen molar-refractivity contribution in [2.45, 2.75) is 33.6 Å². The Labute approximate surface area is 186 Å².